The zero-order chi connectivity index (χ0) is 9.40. The van der Waals surface area contributed by atoms with E-state index in [9.17, 15) is 4.79 Å². The van der Waals surface area contributed by atoms with Crippen LogP contribution in [0.4, 0.5) is 0 Å². The molecule has 0 aromatic heterocycles. The van der Waals surface area contributed by atoms with Crippen LogP contribution in [0.5, 0.6) is 0 Å². The smallest absolute Gasteiger partial charge is 0.244 e. The molecule has 0 radical (unpaired) electrons. The molecule has 0 spiro atoms. The van der Waals surface area contributed by atoms with Gasteiger partial charge in [0.25, 0.3) is 0 Å². The maximum Gasteiger partial charge on any atom is 0.244 e. The van der Waals surface area contributed by atoms with Gasteiger partial charge in [-0.25, -0.2) is 0 Å². The summed E-state index contributed by atoms with van der Waals surface area (Å²) in [6, 6.07) is -0.187. The van der Waals surface area contributed by atoms with Crippen molar-refractivity contribution in [3.8, 4) is 0 Å². The topological polar surface area (TPSA) is 49.3 Å². The van der Waals surface area contributed by atoms with Crippen LogP contribution in [0.1, 0.15) is 13.8 Å². The number of aliphatic hydroxyl groups is 1. The predicted molar refractivity (Wildman–Crippen MR) is 48.6 cm³/mol. The van der Waals surface area contributed by atoms with Gasteiger partial charge in [0.2, 0.25) is 5.91 Å². The largest absolute Gasteiger partial charge is 0.394 e. The first-order valence-electron chi connectivity index (χ1n) is 3.91. The van der Waals surface area contributed by atoms with E-state index in [-0.39, 0.29) is 18.6 Å². The fraction of sp³-hybridized carbons (Fsp3) is 0.444. The maximum atomic E-state index is 10.9. The van der Waals surface area contributed by atoms with E-state index < -0.39 is 0 Å². The lowest BCUT2D eigenvalue weighted by Crippen LogP contribution is -2.33. The van der Waals surface area contributed by atoms with Crippen LogP contribution in [0.2, 0.25) is 0 Å². The van der Waals surface area contributed by atoms with Crippen molar-refractivity contribution in [2.45, 2.75) is 19.9 Å². The molecule has 0 rings (SSSR count). The number of allylic oxidation sites excluding steroid dienone is 3. The van der Waals surface area contributed by atoms with Gasteiger partial charge in [-0.1, -0.05) is 18.2 Å². The Morgan fingerprint density at radius 1 is 1.58 bits per heavy atom. The number of amides is 1. The monoisotopic (exact) mass is 169 g/mol. The van der Waals surface area contributed by atoms with Crippen molar-refractivity contribution in [3.05, 3.63) is 24.3 Å². The second kappa shape index (κ2) is 6.61. The Hall–Kier alpha value is -1.09. The summed E-state index contributed by atoms with van der Waals surface area (Å²) >= 11 is 0. The molecule has 0 aliphatic rings. The van der Waals surface area contributed by atoms with Crippen molar-refractivity contribution in [2.24, 2.45) is 0 Å². The second-order valence-corrected chi connectivity index (χ2v) is 2.48. The first-order chi connectivity index (χ1) is 5.70. The van der Waals surface area contributed by atoms with Crippen molar-refractivity contribution in [3.63, 3.8) is 0 Å². The van der Waals surface area contributed by atoms with Gasteiger partial charge in [-0.05, 0) is 13.8 Å². The van der Waals surface area contributed by atoms with Crippen molar-refractivity contribution in [2.75, 3.05) is 6.61 Å². The summed E-state index contributed by atoms with van der Waals surface area (Å²) in [7, 11) is 0. The molecule has 0 aromatic rings. The van der Waals surface area contributed by atoms with Crippen molar-refractivity contribution in [1.29, 1.82) is 0 Å². The van der Waals surface area contributed by atoms with Crippen molar-refractivity contribution in [1.82, 2.24) is 5.32 Å². The van der Waals surface area contributed by atoms with Gasteiger partial charge in [-0.3, -0.25) is 4.79 Å². The van der Waals surface area contributed by atoms with E-state index in [0.717, 1.165) is 0 Å². The molecule has 68 valence electrons. The Bertz CT molecular complexity index is 185. The first kappa shape index (κ1) is 10.9. The van der Waals surface area contributed by atoms with E-state index in [1.54, 1.807) is 19.1 Å². The fourth-order valence-corrected chi connectivity index (χ4v) is 0.591. The van der Waals surface area contributed by atoms with Crippen LogP contribution in [0.25, 0.3) is 0 Å². The lowest BCUT2D eigenvalue weighted by Gasteiger charge is -2.07. The zero-order valence-electron chi connectivity index (χ0n) is 7.45. The summed E-state index contributed by atoms with van der Waals surface area (Å²) in [6.07, 6.45) is 6.67. The quantitative estimate of drug-likeness (QED) is 0.478. The minimum Gasteiger partial charge on any atom is -0.394 e. The van der Waals surface area contributed by atoms with Gasteiger partial charge in [0, 0.05) is 12.1 Å². The molecule has 1 atom stereocenters. The molecule has 0 aromatic carbocycles. The number of nitrogens with one attached hydrogen (secondary N) is 1. The minimum atomic E-state index is -0.187. The SMILES string of the molecule is C/C=C/C=C/C(=O)NC(C)CO. The van der Waals surface area contributed by atoms with Gasteiger partial charge in [0.05, 0.1) is 6.61 Å². The predicted octanol–water partition coefficient (Wildman–Crippen LogP) is 0.616. The lowest BCUT2D eigenvalue weighted by molar-refractivity contribution is -0.117. The average molecular weight is 169 g/mol. The van der Waals surface area contributed by atoms with Crippen molar-refractivity contribution < 1.29 is 9.90 Å². The third-order valence-corrected chi connectivity index (χ3v) is 1.21. The number of aliphatic hydroxyl groups excluding tert-OH is 1. The van der Waals surface area contributed by atoms with E-state index in [2.05, 4.69) is 5.32 Å². The highest BCUT2D eigenvalue weighted by Gasteiger charge is 2.00. The Balaban J connectivity index is 3.73. The van der Waals surface area contributed by atoms with Crippen LogP contribution in [-0.4, -0.2) is 23.7 Å². The molecular weight excluding hydrogens is 154 g/mol. The Morgan fingerprint density at radius 3 is 2.75 bits per heavy atom. The Labute approximate surface area is 72.8 Å². The number of hydrogen-bond donors (Lipinski definition) is 2. The van der Waals surface area contributed by atoms with Gasteiger partial charge in [-0.15, -0.1) is 0 Å². The highest BCUT2D eigenvalue weighted by Crippen LogP contribution is 1.81. The van der Waals surface area contributed by atoms with Crippen LogP contribution in [0, 0.1) is 0 Å². The number of carbonyl (C=O) groups is 1. The molecule has 3 nitrogen and oxygen atoms in total. The molecule has 1 unspecified atom stereocenters. The standard InChI is InChI=1S/C9H15NO2/c1-3-4-5-6-9(12)10-8(2)7-11/h3-6,8,11H,7H2,1-2H3,(H,10,12)/b4-3+,6-5+. The summed E-state index contributed by atoms with van der Waals surface area (Å²) < 4.78 is 0. The third-order valence-electron chi connectivity index (χ3n) is 1.21. The van der Waals surface area contributed by atoms with E-state index >= 15 is 0 Å². The maximum absolute atomic E-state index is 10.9. The second-order valence-electron chi connectivity index (χ2n) is 2.48. The van der Waals surface area contributed by atoms with Crippen LogP contribution in [0.15, 0.2) is 24.3 Å². The first-order valence-corrected chi connectivity index (χ1v) is 3.91. The molecule has 12 heavy (non-hydrogen) atoms. The van der Waals surface area contributed by atoms with Crippen LogP contribution in [-0.2, 0) is 4.79 Å². The molecule has 0 heterocycles. The molecule has 2 N–H and O–H groups in total. The Morgan fingerprint density at radius 2 is 2.25 bits per heavy atom. The van der Waals surface area contributed by atoms with Crippen LogP contribution in [0.3, 0.4) is 0 Å². The average Bonchev–Trinajstić information content (AvgIpc) is 2.05. The zero-order valence-corrected chi connectivity index (χ0v) is 7.45. The van der Waals surface area contributed by atoms with Gasteiger partial charge in [-0.2, -0.15) is 0 Å². The summed E-state index contributed by atoms with van der Waals surface area (Å²) in [5.41, 5.74) is 0. The number of rotatable bonds is 4. The van der Waals surface area contributed by atoms with Crippen molar-refractivity contribution >= 4 is 5.91 Å². The fourth-order valence-electron chi connectivity index (χ4n) is 0.591. The number of carbonyl (C=O) groups excluding carboxylic acids is 1. The number of hydrogen-bond acceptors (Lipinski definition) is 2. The summed E-state index contributed by atoms with van der Waals surface area (Å²) in [6.45, 7) is 3.57. The summed E-state index contributed by atoms with van der Waals surface area (Å²) in [4.78, 5) is 10.9. The van der Waals surface area contributed by atoms with Gasteiger partial charge >= 0.3 is 0 Å². The molecule has 3 heteroatoms. The highest BCUT2D eigenvalue weighted by molar-refractivity contribution is 5.87. The molecule has 0 aliphatic heterocycles. The molecular formula is C9H15NO2. The van der Waals surface area contributed by atoms with Crippen LogP contribution < -0.4 is 5.32 Å². The summed E-state index contributed by atoms with van der Waals surface area (Å²) in [5.74, 6) is -0.186. The lowest BCUT2D eigenvalue weighted by atomic mass is 10.3. The summed E-state index contributed by atoms with van der Waals surface area (Å²) in [5, 5.41) is 11.2. The Kier molecular flexibility index (Phi) is 6.01. The van der Waals surface area contributed by atoms with Crippen LogP contribution >= 0.6 is 0 Å². The molecule has 1 amide bonds. The molecule has 0 aliphatic carbocycles. The van der Waals surface area contributed by atoms with E-state index in [1.807, 2.05) is 13.0 Å². The third kappa shape index (κ3) is 5.68. The van der Waals surface area contributed by atoms with E-state index in [4.69, 9.17) is 5.11 Å². The molecule has 0 bridgehead atoms. The molecule has 0 fully saturated rings. The molecule has 0 saturated heterocycles. The van der Waals surface area contributed by atoms with Gasteiger partial charge in [0.15, 0.2) is 0 Å². The normalized spacial score (nSPS) is 13.9. The van der Waals surface area contributed by atoms with Gasteiger partial charge in [0.1, 0.15) is 0 Å². The molecule has 0 saturated carbocycles. The van der Waals surface area contributed by atoms with E-state index in [1.165, 1.54) is 6.08 Å². The highest BCUT2D eigenvalue weighted by atomic mass is 16.3. The minimum absolute atomic E-state index is 0.0385. The van der Waals surface area contributed by atoms with E-state index in [0.29, 0.717) is 0 Å². The van der Waals surface area contributed by atoms with Gasteiger partial charge < -0.3 is 10.4 Å².